The van der Waals surface area contributed by atoms with Crippen LogP contribution >= 0.6 is 0 Å². The van der Waals surface area contributed by atoms with E-state index in [0.29, 0.717) is 17.9 Å². The summed E-state index contributed by atoms with van der Waals surface area (Å²) in [6.07, 6.45) is 0.426. The molecule has 0 saturated carbocycles. The first-order valence-electron chi connectivity index (χ1n) is 8.64. The summed E-state index contributed by atoms with van der Waals surface area (Å²) in [4.78, 5) is 35.2. The number of hydrogen-bond acceptors (Lipinski definition) is 6. The van der Waals surface area contributed by atoms with Crippen LogP contribution in [0.1, 0.15) is 22.3 Å². The van der Waals surface area contributed by atoms with E-state index < -0.39 is 30.2 Å². The largest absolute Gasteiger partial charge is 0.493 e. The molecule has 0 radical (unpaired) electrons. The van der Waals surface area contributed by atoms with E-state index in [0.717, 1.165) is 11.6 Å². The van der Waals surface area contributed by atoms with Crippen molar-refractivity contribution in [3.8, 4) is 11.5 Å². The second-order valence-electron chi connectivity index (χ2n) is 5.83. The van der Waals surface area contributed by atoms with Crippen LogP contribution in [0.4, 0.5) is 4.39 Å². The Morgan fingerprint density at radius 1 is 0.966 bits per heavy atom. The number of amides is 2. The highest BCUT2D eigenvalue weighted by Crippen LogP contribution is 2.27. The zero-order chi connectivity index (χ0) is 21.2. The van der Waals surface area contributed by atoms with Crippen LogP contribution < -0.4 is 20.3 Å². The molecule has 154 valence electrons. The predicted octanol–water partition coefficient (Wildman–Crippen LogP) is 1.78. The van der Waals surface area contributed by atoms with Gasteiger partial charge in [-0.15, -0.1) is 0 Å². The first-order chi connectivity index (χ1) is 13.9. The van der Waals surface area contributed by atoms with E-state index in [9.17, 15) is 18.8 Å². The number of ether oxygens (including phenoxy) is 3. The number of carbonyl (C=O) groups is 3. The third-order valence-electron chi connectivity index (χ3n) is 3.86. The molecule has 0 spiro atoms. The van der Waals surface area contributed by atoms with Crippen LogP contribution in [-0.4, -0.2) is 38.6 Å². The number of rotatable bonds is 8. The molecule has 2 amide bonds. The Bertz CT molecular complexity index is 887. The highest BCUT2D eigenvalue weighted by molar-refractivity contribution is 5.95. The van der Waals surface area contributed by atoms with E-state index in [1.807, 2.05) is 5.43 Å². The molecule has 2 aromatic carbocycles. The number of nitrogens with one attached hydrogen (secondary N) is 2. The number of benzene rings is 2. The molecule has 2 rings (SSSR count). The monoisotopic (exact) mass is 404 g/mol. The molecule has 0 atom stereocenters. The highest BCUT2D eigenvalue weighted by Gasteiger charge is 2.13. The second kappa shape index (κ2) is 10.6. The summed E-state index contributed by atoms with van der Waals surface area (Å²) in [5.74, 6) is -1.77. The number of halogens is 1. The molecule has 0 aliphatic heterocycles. The lowest BCUT2D eigenvalue weighted by Gasteiger charge is -2.10. The number of esters is 1. The fourth-order valence-electron chi connectivity index (χ4n) is 2.38. The lowest BCUT2D eigenvalue weighted by molar-refractivity contribution is -0.148. The molecule has 0 heterocycles. The average Bonchev–Trinajstić information content (AvgIpc) is 2.74. The number of hydrogen-bond donors (Lipinski definition) is 2. The molecule has 8 nitrogen and oxygen atoms in total. The molecule has 29 heavy (non-hydrogen) atoms. The van der Waals surface area contributed by atoms with Gasteiger partial charge in [0.05, 0.1) is 19.8 Å². The van der Waals surface area contributed by atoms with Gasteiger partial charge in [-0.1, -0.05) is 18.2 Å². The summed E-state index contributed by atoms with van der Waals surface area (Å²) >= 11 is 0. The summed E-state index contributed by atoms with van der Waals surface area (Å²) in [6, 6.07) is 10.6. The Balaban J connectivity index is 1.73. The minimum absolute atomic E-state index is 0.0460. The van der Waals surface area contributed by atoms with E-state index in [4.69, 9.17) is 14.2 Å². The maximum Gasteiger partial charge on any atom is 0.306 e. The standard InChI is InChI=1S/C20H21FN2O6/c1-27-16-9-7-13(11-17(16)28-2)8-10-19(25)29-12-18(24)22-23-20(26)14-5-3-4-6-15(14)21/h3-7,9,11H,8,10,12H2,1-2H3,(H,22,24)(H,23,26). The van der Waals surface area contributed by atoms with Crippen molar-refractivity contribution in [3.63, 3.8) is 0 Å². The van der Waals surface area contributed by atoms with E-state index in [-0.39, 0.29) is 12.0 Å². The molecule has 2 N–H and O–H groups in total. The maximum absolute atomic E-state index is 13.5. The van der Waals surface area contributed by atoms with Gasteiger partial charge in [0.1, 0.15) is 5.82 Å². The van der Waals surface area contributed by atoms with Gasteiger partial charge in [-0.2, -0.15) is 0 Å². The van der Waals surface area contributed by atoms with Crippen molar-refractivity contribution >= 4 is 17.8 Å². The van der Waals surface area contributed by atoms with E-state index in [2.05, 4.69) is 5.43 Å². The zero-order valence-electron chi connectivity index (χ0n) is 16.0. The summed E-state index contributed by atoms with van der Waals surface area (Å²) in [7, 11) is 3.04. The normalized spacial score (nSPS) is 10.0. The third-order valence-corrected chi connectivity index (χ3v) is 3.86. The molecule has 0 aliphatic carbocycles. The summed E-state index contributed by atoms with van der Waals surface area (Å²) in [6.45, 7) is -0.581. The van der Waals surface area contributed by atoms with Crippen molar-refractivity contribution in [1.29, 1.82) is 0 Å². The van der Waals surface area contributed by atoms with Gasteiger partial charge in [-0.3, -0.25) is 25.2 Å². The first-order valence-corrected chi connectivity index (χ1v) is 8.64. The minimum Gasteiger partial charge on any atom is -0.493 e. The Morgan fingerprint density at radius 2 is 1.69 bits per heavy atom. The highest BCUT2D eigenvalue weighted by atomic mass is 19.1. The quantitative estimate of drug-likeness (QED) is 0.514. The number of methoxy groups -OCH3 is 2. The topological polar surface area (TPSA) is 103 Å². The predicted molar refractivity (Wildman–Crippen MR) is 101 cm³/mol. The lowest BCUT2D eigenvalue weighted by Crippen LogP contribution is -2.43. The molecular formula is C20H21FN2O6. The van der Waals surface area contributed by atoms with Gasteiger partial charge in [-0.05, 0) is 36.2 Å². The van der Waals surface area contributed by atoms with Gasteiger partial charge >= 0.3 is 5.97 Å². The summed E-state index contributed by atoms with van der Waals surface area (Å²) < 4.78 is 28.7. The summed E-state index contributed by atoms with van der Waals surface area (Å²) in [5, 5.41) is 0. The molecule has 2 aromatic rings. The van der Waals surface area contributed by atoms with Gasteiger partial charge in [0.2, 0.25) is 0 Å². The van der Waals surface area contributed by atoms with E-state index in [1.165, 1.54) is 32.4 Å². The minimum atomic E-state index is -0.823. The van der Waals surface area contributed by atoms with Crippen LogP contribution in [0.2, 0.25) is 0 Å². The van der Waals surface area contributed by atoms with Gasteiger partial charge in [0.25, 0.3) is 11.8 Å². The van der Waals surface area contributed by atoms with Crippen molar-refractivity contribution in [2.24, 2.45) is 0 Å². The summed E-state index contributed by atoms with van der Waals surface area (Å²) in [5.41, 5.74) is 4.71. The molecule has 0 bridgehead atoms. The second-order valence-corrected chi connectivity index (χ2v) is 5.83. The van der Waals surface area contributed by atoms with Crippen LogP contribution in [-0.2, 0) is 20.7 Å². The van der Waals surface area contributed by atoms with Gasteiger partial charge < -0.3 is 14.2 Å². The van der Waals surface area contributed by atoms with Gasteiger partial charge in [-0.25, -0.2) is 4.39 Å². The number of aryl methyl sites for hydroxylation is 1. The SMILES string of the molecule is COc1ccc(CCC(=O)OCC(=O)NNC(=O)c2ccccc2F)cc1OC. The zero-order valence-corrected chi connectivity index (χ0v) is 16.0. The molecule has 0 aromatic heterocycles. The van der Waals surface area contributed by atoms with Crippen LogP contribution in [0.5, 0.6) is 11.5 Å². The van der Waals surface area contributed by atoms with Crippen LogP contribution in [0, 0.1) is 5.82 Å². The number of carbonyl (C=O) groups excluding carboxylic acids is 3. The molecule has 0 aliphatic rings. The Morgan fingerprint density at radius 3 is 2.38 bits per heavy atom. The molecule has 9 heteroatoms. The maximum atomic E-state index is 13.5. The molecule has 0 unspecified atom stereocenters. The van der Waals surface area contributed by atoms with Crippen molar-refractivity contribution in [1.82, 2.24) is 10.9 Å². The Labute approximate surface area is 166 Å². The number of hydrazine groups is 1. The molecule has 0 fully saturated rings. The van der Waals surface area contributed by atoms with Crippen molar-refractivity contribution < 1.29 is 33.0 Å². The Hall–Kier alpha value is -3.62. The van der Waals surface area contributed by atoms with Crippen LogP contribution in [0.3, 0.4) is 0 Å². The molecule has 0 saturated heterocycles. The average molecular weight is 404 g/mol. The Kier molecular flexibility index (Phi) is 7.96. The van der Waals surface area contributed by atoms with Crippen molar-refractivity contribution in [2.75, 3.05) is 20.8 Å². The van der Waals surface area contributed by atoms with Crippen molar-refractivity contribution in [2.45, 2.75) is 12.8 Å². The fourth-order valence-corrected chi connectivity index (χ4v) is 2.38. The third kappa shape index (κ3) is 6.49. The van der Waals surface area contributed by atoms with Gasteiger partial charge in [0.15, 0.2) is 18.1 Å². The van der Waals surface area contributed by atoms with Crippen LogP contribution in [0.15, 0.2) is 42.5 Å². The van der Waals surface area contributed by atoms with Gasteiger partial charge in [0, 0.05) is 6.42 Å². The van der Waals surface area contributed by atoms with E-state index in [1.54, 1.807) is 18.2 Å². The lowest BCUT2D eigenvalue weighted by atomic mass is 10.1. The van der Waals surface area contributed by atoms with E-state index >= 15 is 0 Å². The smallest absolute Gasteiger partial charge is 0.306 e. The van der Waals surface area contributed by atoms with Crippen LogP contribution in [0.25, 0.3) is 0 Å². The fraction of sp³-hybridized carbons (Fsp3) is 0.250. The first kappa shape index (κ1) is 21.7. The molecular weight excluding hydrogens is 383 g/mol. The van der Waals surface area contributed by atoms with Crippen molar-refractivity contribution in [3.05, 3.63) is 59.4 Å².